The van der Waals surface area contributed by atoms with E-state index in [9.17, 15) is 19.5 Å². The molecule has 2 aromatic rings. The summed E-state index contributed by atoms with van der Waals surface area (Å²) in [5.74, 6) is 0.733. The molecule has 1 aromatic heterocycles. The second-order valence-electron chi connectivity index (χ2n) is 9.97. The summed E-state index contributed by atoms with van der Waals surface area (Å²) < 4.78 is 0. The number of aromatic nitrogens is 1. The van der Waals surface area contributed by atoms with Crippen LogP contribution in [0.15, 0.2) is 42.6 Å². The summed E-state index contributed by atoms with van der Waals surface area (Å²) in [7, 11) is 0. The number of aliphatic hydroxyl groups is 1. The van der Waals surface area contributed by atoms with Crippen molar-refractivity contribution in [3.8, 4) is 0 Å². The first kappa shape index (κ1) is 28.4. The number of amides is 3. The Morgan fingerprint density at radius 2 is 1.51 bits per heavy atom. The van der Waals surface area contributed by atoms with Gasteiger partial charge in [0.1, 0.15) is 0 Å². The number of anilines is 2. The molecule has 0 aliphatic carbocycles. The van der Waals surface area contributed by atoms with E-state index in [0.29, 0.717) is 76.3 Å². The van der Waals surface area contributed by atoms with Crippen LogP contribution in [0.3, 0.4) is 0 Å². The number of piperidine rings is 1. The second-order valence-corrected chi connectivity index (χ2v) is 9.97. The number of aliphatic hydroxyl groups excluding tert-OH is 1. The van der Waals surface area contributed by atoms with Crippen LogP contribution in [0.2, 0.25) is 0 Å². The van der Waals surface area contributed by atoms with E-state index in [1.165, 1.54) is 0 Å². The number of likely N-dealkylation sites (N-methyl/N-ethyl adjacent to an activating group) is 1. The fraction of sp³-hybridized carbons (Fsp3) is 0.517. The van der Waals surface area contributed by atoms with Gasteiger partial charge in [-0.15, -0.1) is 0 Å². The molecule has 0 spiro atoms. The van der Waals surface area contributed by atoms with Crippen LogP contribution in [-0.4, -0.2) is 108 Å². The highest BCUT2D eigenvalue weighted by Crippen LogP contribution is 2.25. The molecule has 10 nitrogen and oxygen atoms in total. The first-order valence-electron chi connectivity index (χ1n) is 14.0. The lowest BCUT2D eigenvalue weighted by atomic mass is 9.94. The fourth-order valence-electron chi connectivity index (χ4n) is 5.35. The van der Waals surface area contributed by atoms with E-state index in [0.717, 1.165) is 18.1 Å². The number of likely N-dealkylation sites (tertiary alicyclic amines) is 1. The summed E-state index contributed by atoms with van der Waals surface area (Å²) >= 11 is 0. The third-order valence-electron chi connectivity index (χ3n) is 7.59. The molecule has 3 amide bonds. The minimum Gasteiger partial charge on any atom is -0.395 e. The zero-order valence-corrected chi connectivity index (χ0v) is 23.0. The molecule has 2 aliphatic heterocycles. The summed E-state index contributed by atoms with van der Waals surface area (Å²) in [6.07, 6.45) is 3.02. The Bertz CT molecular complexity index is 1120. The van der Waals surface area contributed by atoms with Gasteiger partial charge in [-0.25, -0.2) is 4.98 Å². The maximum atomic E-state index is 13.2. The van der Waals surface area contributed by atoms with Gasteiger partial charge in [0.05, 0.1) is 12.3 Å². The van der Waals surface area contributed by atoms with Crippen molar-refractivity contribution in [3.63, 3.8) is 0 Å². The van der Waals surface area contributed by atoms with Crippen LogP contribution in [-0.2, 0) is 4.79 Å². The van der Waals surface area contributed by atoms with Crippen LogP contribution < -0.4 is 10.2 Å². The predicted molar refractivity (Wildman–Crippen MR) is 151 cm³/mol. The van der Waals surface area contributed by atoms with E-state index in [-0.39, 0.29) is 30.2 Å². The molecule has 4 rings (SSSR count). The Morgan fingerprint density at radius 3 is 2.05 bits per heavy atom. The second kappa shape index (κ2) is 13.4. The van der Waals surface area contributed by atoms with Crippen molar-refractivity contribution >= 4 is 29.2 Å². The molecule has 0 atom stereocenters. The molecule has 2 N–H and O–H groups in total. The number of hydrogen-bond acceptors (Lipinski definition) is 7. The van der Waals surface area contributed by atoms with Gasteiger partial charge < -0.3 is 30.0 Å². The number of rotatable bonds is 9. The van der Waals surface area contributed by atoms with Gasteiger partial charge in [-0.05, 0) is 63.1 Å². The fourth-order valence-corrected chi connectivity index (χ4v) is 5.35. The molecule has 210 valence electrons. The number of nitrogens with one attached hydrogen (secondary N) is 1. The molecule has 2 aliphatic rings. The van der Waals surface area contributed by atoms with Crippen molar-refractivity contribution in [2.45, 2.75) is 26.7 Å². The normalized spacial score (nSPS) is 16.2. The number of carbonyl (C=O) groups is 3. The summed E-state index contributed by atoms with van der Waals surface area (Å²) in [6.45, 7) is 9.28. The highest BCUT2D eigenvalue weighted by Gasteiger charge is 2.30. The minimum absolute atomic E-state index is 0.0377. The summed E-state index contributed by atoms with van der Waals surface area (Å²) in [5.41, 5.74) is 2.11. The lowest BCUT2D eigenvalue weighted by molar-refractivity contribution is -0.137. The van der Waals surface area contributed by atoms with Gasteiger partial charge in [-0.1, -0.05) is 0 Å². The molecule has 1 aromatic carbocycles. The zero-order chi connectivity index (χ0) is 27.8. The molecule has 0 unspecified atom stereocenters. The lowest BCUT2D eigenvalue weighted by Crippen LogP contribution is -2.49. The van der Waals surface area contributed by atoms with Gasteiger partial charge in [0.15, 0.2) is 5.82 Å². The maximum Gasteiger partial charge on any atom is 0.253 e. The average molecular weight is 537 g/mol. The van der Waals surface area contributed by atoms with Crippen molar-refractivity contribution in [1.82, 2.24) is 19.7 Å². The number of carbonyl (C=O) groups excluding carboxylic acids is 3. The summed E-state index contributed by atoms with van der Waals surface area (Å²) in [4.78, 5) is 51.0. The van der Waals surface area contributed by atoms with Crippen LogP contribution in [0.1, 0.15) is 47.4 Å². The first-order chi connectivity index (χ1) is 19.0. The van der Waals surface area contributed by atoms with Crippen molar-refractivity contribution in [2.24, 2.45) is 5.92 Å². The zero-order valence-electron chi connectivity index (χ0n) is 23.0. The van der Waals surface area contributed by atoms with Crippen LogP contribution >= 0.6 is 0 Å². The number of piperazine rings is 1. The highest BCUT2D eigenvalue weighted by atomic mass is 16.3. The van der Waals surface area contributed by atoms with Crippen molar-refractivity contribution in [2.75, 3.05) is 75.7 Å². The largest absolute Gasteiger partial charge is 0.395 e. The highest BCUT2D eigenvalue weighted by molar-refractivity contribution is 5.98. The topological polar surface area (TPSA) is 109 Å². The Hall–Kier alpha value is -3.66. The summed E-state index contributed by atoms with van der Waals surface area (Å²) in [5, 5.41) is 12.5. The molecule has 0 radical (unpaired) electrons. The molecule has 3 heterocycles. The van der Waals surface area contributed by atoms with Crippen LogP contribution in [0.25, 0.3) is 0 Å². The third-order valence-corrected chi connectivity index (χ3v) is 7.59. The lowest BCUT2D eigenvalue weighted by Gasteiger charge is -2.36. The maximum absolute atomic E-state index is 13.2. The molecule has 0 saturated carbocycles. The number of pyridine rings is 1. The van der Waals surface area contributed by atoms with E-state index in [4.69, 9.17) is 0 Å². The standard InChI is InChI=1S/C29H40N6O4/c1-3-30-25-6-5-13-31-26(25)33-16-18-35(19-17-33)29(39)23-9-7-22(8-10-23)28(38)34-14-11-24(12-15-34)27(37)32(4-2)20-21-36/h5-10,13,24,30,36H,3-4,11-12,14-21H2,1-2H3. The quantitative estimate of drug-likeness (QED) is 0.506. The molecule has 2 saturated heterocycles. The van der Waals surface area contributed by atoms with Gasteiger partial charge in [0.25, 0.3) is 11.8 Å². The predicted octanol–water partition coefficient (Wildman–Crippen LogP) is 2.17. The molecule has 2 fully saturated rings. The van der Waals surface area contributed by atoms with Crippen LogP contribution in [0.5, 0.6) is 0 Å². The van der Waals surface area contributed by atoms with Gasteiger partial charge in [0.2, 0.25) is 5.91 Å². The average Bonchev–Trinajstić information content (AvgIpc) is 2.99. The molecule has 10 heteroatoms. The monoisotopic (exact) mass is 536 g/mol. The van der Waals surface area contributed by atoms with E-state index in [2.05, 4.69) is 22.1 Å². The smallest absolute Gasteiger partial charge is 0.253 e. The first-order valence-corrected chi connectivity index (χ1v) is 14.0. The van der Waals surface area contributed by atoms with Gasteiger partial charge in [-0.3, -0.25) is 14.4 Å². The van der Waals surface area contributed by atoms with Crippen molar-refractivity contribution in [1.29, 1.82) is 0 Å². The van der Waals surface area contributed by atoms with Gasteiger partial charge in [0, 0.05) is 82.1 Å². The van der Waals surface area contributed by atoms with E-state index in [1.807, 2.05) is 24.0 Å². The Morgan fingerprint density at radius 1 is 0.923 bits per heavy atom. The van der Waals surface area contributed by atoms with E-state index < -0.39 is 0 Å². The van der Waals surface area contributed by atoms with Crippen LogP contribution in [0, 0.1) is 5.92 Å². The Kier molecular flexibility index (Phi) is 9.75. The summed E-state index contributed by atoms with van der Waals surface area (Å²) in [6, 6.07) is 10.8. The van der Waals surface area contributed by atoms with Crippen molar-refractivity contribution in [3.05, 3.63) is 53.7 Å². The molecular formula is C29H40N6O4. The number of benzene rings is 1. The van der Waals surface area contributed by atoms with Crippen LogP contribution in [0.4, 0.5) is 11.5 Å². The Labute approximate surface area is 230 Å². The number of hydrogen-bond donors (Lipinski definition) is 2. The minimum atomic E-state index is -0.117. The van der Waals surface area contributed by atoms with E-state index in [1.54, 1.807) is 40.3 Å². The molecule has 39 heavy (non-hydrogen) atoms. The molecule has 0 bridgehead atoms. The van der Waals surface area contributed by atoms with E-state index >= 15 is 0 Å². The van der Waals surface area contributed by atoms with Gasteiger partial charge in [-0.2, -0.15) is 0 Å². The van der Waals surface area contributed by atoms with Crippen molar-refractivity contribution < 1.29 is 19.5 Å². The Balaban J connectivity index is 1.29. The third kappa shape index (κ3) is 6.68. The SMILES string of the molecule is CCNc1cccnc1N1CCN(C(=O)c2ccc(C(=O)N3CCC(C(=O)N(CC)CCO)CC3)cc2)CC1. The van der Waals surface area contributed by atoms with Gasteiger partial charge >= 0.3 is 0 Å². The number of nitrogens with zero attached hydrogens (tertiary/aromatic N) is 5. The molecular weight excluding hydrogens is 496 g/mol.